The normalized spacial score (nSPS) is 22.9. The van der Waals surface area contributed by atoms with E-state index in [1.807, 2.05) is 0 Å². The van der Waals surface area contributed by atoms with Gasteiger partial charge in [-0.1, -0.05) is 6.07 Å². The van der Waals surface area contributed by atoms with E-state index in [1.165, 1.54) is 13.1 Å². The number of hydrogen-bond donors (Lipinski definition) is 1. The van der Waals surface area contributed by atoms with Crippen molar-refractivity contribution in [1.82, 2.24) is 4.98 Å². The van der Waals surface area contributed by atoms with Crippen molar-refractivity contribution in [3.05, 3.63) is 41.7 Å². The molecular weight excluding hydrogens is 236 g/mol. The predicted molar refractivity (Wildman–Crippen MR) is 60.7 cm³/mol. The number of Topliss-reactive ketones (excluding diaryl/α,β-unsaturated/α-hetero) is 1. The number of aromatic nitrogens is 1. The van der Waals surface area contributed by atoms with E-state index in [0.29, 0.717) is 5.56 Å². The molecule has 0 saturated heterocycles. The van der Waals surface area contributed by atoms with Gasteiger partial charge in [0.1, 0.15) is 0 Å². The van der Waals surface area contributed by atoms with E-state index in [9.17, 15) is 9.59 Å². The number of ketones is 1. The highest BCUT2D eigenvalue weighted by molar-refractivity contribution is 6.04. The maximum absolute atomic E-state index is 12.2. The number of ether oxygens (including phenoxy) is 2. The highest BCUT2D eigenvalue weighted by Gasteiger charge is 2.48. The molecule has 0 amide bonds. The molecular formula is C12H12N2O4. The van der Waals surface area contributed by atoms with E-state index < -0.39 is 17.4 Å². The first-order valence-corrected chi connectivity index (χ1v) is 5.27. The second-order valence-electron chi connectivity index (χ2n) is 3.99. The number of hydrogen-bond acceptors (Lipinski definition) is 6. The van der Waals surface area contributed by atoms with Gasteiger partial charge in [-0.2, -0.15) is 0 Å². The topological polar surface area (TPSA) is 91.5 Å². The van der Waals surface area contributed by atoms with Crippen LogP contribution >= 0.6 is 0 Å². The maximum atomic E-state index is 12.2. The number of carbonyl (C=O) groups is 2. The minimum atomic E-state index is -1.30. The average Bonchev–Trinajstić information content (AvgIpc) is 2.55. The Balaban J connectivity index is 2.36. The molecule has 1 aliphatic heterocycles. The smallest absolute Gasteiger partial charge is 0.308 e. The first kappa shape index (κ1) is 12.1. The lowest BCUT2D eigenvalue weighted by Gasteiger charge is -2.22. The van der Waals surface area contributed by atoms with Gasteiger partial charge in [-0.15, -0.1) is 0 Å². The fourth-order valence-corrected chi connectivity index (χ4v) is 1.72. The largest absolute Gasteiger partial charge is 0.457 e. The number of nitrogens with zero attached hydrogens (tertiary/aromatic N) is 1. The van der Waals surface area contributed by atoms with Gasteiger partial charge in [0.2, 0.25) is 17.2 Å². The summed E-state index contributed by atoms with van der Waals surface area (Å²) < 4.78 is 10.1. The number of rotatable bonds is 2. The van der Waals surface area contributed by atoms with Crippen molar-refractivity contribution in [2.45, 2.75) is 19.4 Å². The van der Waals surface area contributed by atoms with Gasteiger partial charge in [-0.05, 0) is 13.0 Å². The van der Waals surface area contributed by atoms with Crippen LogP contribution < -0.4 is 5.73 Å². The third-order valence-electron chi connectivity index (χ3n) is 2.64. The van der Waals surface area contributed by atoms with Gasteiger partial charge in [0.05, 0.1) is 0 Å². The molecule has 6 nitrogen and oxygen atoms in total. The SMILES string of the molecule is CC(=O)OC1=C(N)OC(C)(c2cccnc2)C1=O. The summed E-state index contributed by atoms with van der Waals surface area (Å²) in [5.41, 5.74) is 4.81. The van der Waals surface area contributed by atoms with Crippen molar-refractivity contribution in [2.75, 3.05) is 0 Å². The van der Waals surface area contributed by atoms with Gasteiger partial charge in [0, 0.05) is 24.9 Å². The molecule has 1 atom stereocenters. The van der Waals surface area contributed by atoms with Gasteiger partial charge in [0.25, 0.3) is 5.78 Å². The Bertz CT molecular complexity index is 538. The molecule has 1 aliphatic rings. The highest BCUT2D eigenvalue weighted by atomic mass is 16.6. The molecule has 0 bridgehead atoms. The lowest BCUT2D eigenvalue weighted by Crippen LogP contribution is -2.32. The van der Waals surface area contributed by atoms with Crippen molar-refractivity contribution in [1.29, 1.82) is 0 Å². The number of nitrogens with two attached hydrogens (primary N) is 1. The quantitative estimate of drug-likeness (QED) is 0.770. The lowest BCUT2D eigenvalue weighted by atomic mass is 9.93. The van der Waals surface area contributed by atoms with Gasteiger partial charge >= 0.3 is 5.97 Å². The summed E-state index contributed by atoms with van der Waals surface area (Å²) in [5.74, 6) is -1.57. The Morgan fingerprint density at radius 1 is 1.56 bits per heavy atom. The third kappa shape index (κ3) is 1.81. The van der Waals surface area contributed by atoms with E-state index in [2.05, 4.69) is 4.98 Å². The molecule has 6 heteroatoms. The van der Waals surface area contributed by atoms with Gasteiger partial charge in [0.15, 0.2) is 0 Å². The summed E-state index contributed by atoms with van der Waals surface area (Å²) in [7, 11) is 0. The molecule has 0 fully saturated rings. The van der Waals surface area contributed by atoms with Crippen LogP contribution in [0.2, 0.25) is 0 Å². The van der Waals surface area contributed by atoms with Gasteiger partial charge in [-0.3, -0.25) is 14.6 Å². The summed E-state index contributed by atoms with van der Waals surface area (Å²) in [6.07, 6.45) is 3.08. The Morgan fingerprint density at radius 2 is 2.28 bits per heavy atom. The Labute approximate surface area is 103 Å². The fourth-order valence-electron chi connectivity index (χ4n) is 1.72. The molecule has 2 rings (SSSR count). The molecule has 0 saturated carbocycles. The van der Waals surface area contributed by atoms with Gasteiger partial charge < -0.3 is 15.2 Å². The van der Waals surface area contributed by atoms with Crippen molar-refractivity contribution < 1.29 is 19.1 Å². The molecule has 2 heterocycles. The molecule has 0 aliphatic carbocycles. The third-order valence-corrected chi connectivity index (χ3v) is 2.64. The number of esters is 1. The fraction of sp³-hybridized carbons (Fsp3) is 0.250. The summed E-state index contributed by atoms with van der Waals surface area (Å²) in [4.78, 5) is 27.0. The van der Waals surface area contributed by atoms with Crippen LogP contribution in [0, 0.1) is 0 Å². The summed E-state index contributed by atoms with van der Waals surface area (Å²) >= 11 is 0. The minimum absolute atomic E-state index is 0.193. The van der Waals surface area contributed by atoms with Crippen LogP contribution in [-0.2, 0) is 24.7 Å². The van der Waals surface area contributed by atoms with Crippen molar-refractivity contribution >= 4 is 11.8 Å². The van der Waals surface area contributed by atoms with Crippen LogP contribution in [0.5, 0.6) is 0 Å². The second kappa shape index (κ2) is 4.14. The first-order valence-electron chi connectivity index (χ1n) is 5.27. The molecule has 1 unspecified atom stereocenters. The lowest BCUT2D eigenvalue weighted by molar-refractivity contribution is -0.142. The Hall–Kier alpha value is -2.37. The molecule has 1 aromatic heterocycles. The van der Waals surface area contributed by atoms with Crippen LogP contribution in [0.25, 0.3) is 0 Å². The van der Waals surface area contributed by atoms with Crippen molar-refractivity contribution in [3.8, 4) is 0 Å². The standard InChI is InChI=1S/C12H12N2O4/c1-7(15)17-9-10(16)12(2,18-11(9)13)8-4-3-5-14-6-8/h3-6H,13H2,1-2H3. The highest BCUT2D eigenvalue weighted by Crippen LogP contribution is 2.36. The Morgan fingerprint density at radius 3 is 2.83 bits per heavy atom. The van der Waals surface area contributed by atoms with E-state index in [-0.39, 0.29) is 11.6 Å². The molecule has 0 aromatic carbocycles. The van der Waals surface area contributed by atoms with E-state index in [1.54, 1.807) is 25.3 Å². The van der Waals surface area contributed by atoms with Crippen LogP contribution in [0.1, 0.15) is 19.4 Å². The second-order valence-corrected chi connectivity index (χ2v) is 3.99. The number of carbonyl (C=O) groups excluding carboxylic acids is 2. The zero-order chi connectivity index (χ0) is 13.3. The molecule has 1 aromatic rings. The van der Waals surface area contributed by atoms with E-state index in [0.717, 1.165) is 0 Å². The molecule has 94 valence electrons. The number of pyridine rings is 1. The summed E-state index contributed by atoms with van der Waals surface area (Å²) in [6, 6.07) is 3.37. The monoisotopic (exact) mass is 248 g/mol. The van der Waals surface area contributed by atoms with E-state index >= 15 is 0 Å². The van der Waals surface area contributed by atoms with Crippen LogP contribution in [0.4, 0.5) is 0 Å². The molecule has 18 heavy (non-hydrogen) atoms. The maximum Gasteiger partial charge on any atom is 0.308 e. The Kier molecular flexibility index (Phi) is 2.78. The molecule has 2 N–H and O–H groups in total. The van der Waals surface area contributed by atoms with Crippen LogP contribution in [0.3, 0.4) is 0 Å². The average molecular weight is 248 g/mol. The van der Waals surface area contributed by atoms with Gasteiger partial charge in [-0.25, -0.2) is 0 Å². The zero-order valence-electron chi connectivity index (χ0n) is 9.97. The zero-order valence-corrected chi connectivity index (χ0v) is 9.97. The summed E-state index contributed by atoms with van der Waals surface area (Å²) in [5, 5.41) is 0. The van der Waals surface area contributed by atoms with Crippen LogP contribution in [0.15, 0.2) is 36.2 Å². The molecule has 0 radical (unpaired) electrons. The molecule has 0 spiro atoms. The van der Waals surface area contributed by atoms with Crippen molar-refractivity contribution in [3.63, 3.8) is 0 Å². The van der Waals surface area contributed by atoms with Crippen LogP contribution in [-0.4, -0.2) is 16.7 Å². The van der Waals surface area contributed by atoms with Crippen molar-refractivity contribution in [2.24, 2.45) is 5.73 Å². The minimum Gasteiger partial charge on any atom is -0.457 e. The summed E-state index contributed by atoms with van der Waals surface area (Å²) in [6.45, 7) is 2.74. The predicted octanol–water partition coefficient (Wildman–Crippen LogP) is 0.587. The first-order chi connectivity index (χ1) is 8.45. The van der Waals surface area contributed by atoms with E-state index in [4.69, 9.17) is 15.2 Å².